The molecule has 0 saturated heterocycles. The van der Waals surface area contributed by atoms with Crippen LogP contribution in [0.4, 0.5) is 0 Å². The summed E-state index contributed by atoms with van der Waals surface area (Å²) in [4.78, 5) is 10.7. The summed E-state index contributed by atoms with van der Waals surface area (Å²) >= 11 is 0. The lowest BCUT2D eigenvalue weighted by atomic mass is 10.1. The molecule has 0 rings (SSSR count). The Labute approximate surface area is 62.3 Å². The van der Waals surface area contributed by atoms with Gasteiger partial charge in [0.2, 0.25) is 5.91 Å². The van der Waals surface area contributed by atoms with Crippen LogP contribution in [0.2, 0.25) is 0 Å². The average molecular weight is 141 g/mol. The third-order valence-corrected chi connectivity index (χ3v) is 1.27. The summed E-state index contributed by atoms with van der Waals surface area (Å²) in [6, 6.07) is 0. The van der Waals surface area contributed by atoms with E-state index in [1.807, 2.05) is 6.92 Å². The first-order chi connectivity index (χ1) is 4.70. The van der Waals surface area contributed by atoms with E-state index >= 15 is 0 Å². The number of allylic oxidation sites excluding steroid dienone is 1. The van der Waals surface area contributed by atoms with Crippen LogP contribution in [0.1, 0.15) is 26.7 Å². The van der Waals surface area contributed by atoms with E-state index in [4.69, 9.17) is 0 Å². The van der Waals surface area contributed by atoms with Crippen molar-refractivity contribution in [3.8, 4) is 0 Å². The molecule has 0 unspecified atom stereocenters. The molecule has 0 aliphatic carbocycles. The quantitative estimate of drug-likeness (QED) is 0.592. The molecule has 0 aromatic carbocycles. The van der Waals surface area contributed by atoms with Gasteiger partial charge < -0.3 is 5.32 Å². The first-order valence-corrected chi connectivity index (χ1v) is 3.59. The molecular formula is C8H15NO. The predicted molar refractivity (Wildman–Crippen MR) is 42.7 cm³/mol. The highest BCUT2D eigenvalue weighted by atomic mass is 16.1. The second-order valence-electron chi connectivity index (χ2n) is 2.35. The van der Waals surface area contributed by atoms with E-state index in [0.717, 1.165) is 18.4 Å². The maximum absolute atomic E-state index is 10.7. The number of carbonyl (C=O) groups is 1. The average Bonchev–Trinajstić information content (AvgIpc) is 1.88. The first-order valence-electron chi connectivity index (χ1n) is 3.59. The van der Waals surface area contributed by atoms with E-state index in [1.165, 1.54) is 0 Å². The Bertz CT molecular complexity index is 138. The monoisotopic (exact) mass is 141 g/mol. The Morgan fingerprint density at radius 3 is 2.60 bits per heavy atom. The van der Waals surface area contributed by atoms with Gasteiger partial charge in [-0.1, -0.05) is 18.9 Å². The Morgan fingerprint density at radius 1 is 1.60 bits per heavy atom. The fourth-order valence-electron chi connectivity index (χ4n) is 0.762. The molecule has 0 atom stereocenters. The van der Waals surface area contributed by atoms with E-state index in [2.05, 4.69) is 12.2 Å². The highest BCUT2D eigenvalue weighted by Gasteiger charge is 1.91. The van der Waals surface area contributed by atoms with Crippen molar-refractivity contribution >= 4 is 5.91 Å². The third-order valence-electron chi connectivity index (χ3n) is 1.27. The van der Waals surface area contributed by atoms with Crippen LogP contribution >= 0.6 is 0 Å². The molecule has 0 bridgehead atoms. The summed E-state index contributed by atoms with van der Waals surface area (Å²) in [7, 11) is 1.64. The number of amides is 1. The summed E-state index contributed by atoms with van der Waals surface area (Å²) in [5.74, 6) is -0.00838. The van der Waals surface area contributed by atoms with Gasteiger partial charge in [-0.15, -0.1) is 0 Å². The van der Waals surface area contributed by atoms with Crippen molar-refractivity contribution in [3.05, 3.63) is 11.6 Å². The van der Waals surface area contributed by atoms with Crippen LogP contribution in [0.15, 0.2) is 11.6 Å². The molecule has 58 valence electrons. The Kier molecular flexibility index (Phi) is 4.63. The van der Waals surface area contributed by atoms with Crippen molar-refractivity contribution in [1.29, 1.82) is 0 Å². The highest BCUT2D eigenvalue weighted by Crippen LogP contribution is 2.01. The third kappa shape index (κ3) is 4.13. The lowest BCUT2D eigenvalue weighted by molar-refractivity contribution is -0.116. The number of hydrogen-bond acceptors (Lipinski definition) is 1. The summed E-state index contributed by atoms with van der Waals surface area (Å²) in [5.41, 5.74) is 1.14. The molecule has 0 saturated carbocycles. The first kappa shape index (κ1) is 9.21. The zero-order chi connectivity index (χ0) is 7.98. The Hall–Kier alpha value is -0.790. The number of carbonyl (C=O) groups excluding carboxylic acids is 1. The minimum absolute atomic E-state index is 0.00838. The molecule has 1 N–H and O–H groups in total. The zero-order valence-corrected chi connectivity index (χ0v) is 6.90. The maximum atomic E-state index is 10.7. The lowest BCUT2D eigenvalue weighted by Crippen LogP contribution is -2.14. The van der Waals surface area contributed by atoms with E-state index in [9.17, 15) is 4.79 Å². The second-order valence-corrected chi connectivity index (χ2v) is 2.35. The molecule has 0 aromatic heterocycles. The van der Waals surface area contributed by atoms with E-state index < -0.39 is 0 Å². The van der Waals surface area contributed by atoms with Gasteiger partial charge >= 0.3 is 0 Å². The van der Waals surface area contributed by atoms with E-state index in [-0.39, 0.29) is 5.91 Å². The van der Waals surface area contributed by atoms with Crippen LogP contribution in [0.3, 0.4) is 0 Å². The molecule has 0 aliphatic heterocycles. The van der Waals surface area contributed by atoms with Crippen molar-refractivity contribution in [2.24, 2.45) is 0 Å². The van der Waals surface area contributed by atoms with Gasteiger partial charge in [-0.05, 0) is 13.3 Å². The molecule has 0 spiro atoms. The minimum Gasteiger partial charge on any atom is -0.356 e. The van der Waals surface area contributed by atoms with Crippen molar-refractivity contribution in [1.82, 2.24) is 5.32 Å². The SMILES string of the molecule is CCC/C(C)=C/C(=O)NC. The highest BCUT2D eigenvalue weighted by molar-refractivity contribution is 5.87. The smallest absolute Gasteiger partial charge is 0.243 e. The van der Waals surface area contributed by atoms with Crippen LogP contribution in [-0.4, -0.2) is 13.0 Å². The normalized spacial score (nSPS) is 11.3. The van der Waals surface area contributed by atoms with E-state index in [0.29, 0.717) is 0 Å². The molecule has 0 aromatic rings. The topological polar surface area (TPSA) is 29.1 Å². The van der Waals surface area contributed by atoms with Crippen LogP contribution in [0.25, 0.3) is 0 Å². The largest absolute Gasteiger partial charge is 0.356 e. The zero-order valence-electron chi connectivity index (χ0n) is 6.90. The van der Waals surface area contributed by atoms with Gasteiger partial charge in [-0.25, -0.2) is 0 Å². The summed E-state index contributed by atoms with van der Waals surface area (Å²) in [5, 5.41) is 2.54. The number of likely N-dealkylation sites (N-methyl/N-ethyl adjacent to an activating group) is 1. The van der Waals surface area contributed by atoms with Gasteiger partial charge in [0.05, 0.1) is 0 Å². The second kappa shape index (κ2) is 5.03. The molecule has 0 aliphatic rings. The van der Waals surface area contributed by atoms with Crippen LogP contribution in [-0.2, 0) is 4.79 Å². The number of hydrogen-bond donors (Lipinski definition) is 1. The fourth-order valence-corrected chi connectivity index (χ4v) is 0.762. The molecule has 0 fully saturated rings. The van der Waals surface area contributed by atoms with Crippen LogP contribution < -0.4 is 5.32 Å². The minimum atomic E-state index is -0.00838. The van der Waals surface area contributed by atoms with Crippen molar-refractivity contribution in [3.63, 3.8) is 0 Å². The molecular weight excluding hydrogens is 126 g/mol. The molecule has 0 radical (unpaired) electrons. The van der Waals surface area contributed by atoms with Crippen LogP contribution in [0.5, 0.6) is 0 Å². The van der Waals surface area contributed by atoms with Crippen molar-refractivity contribution < 1.29 is 4.79 Å². The molecule has 2 heteroatoms. The van der Waals surface area contributed by atoms with Gasteiger partial charge in [0.15, 0.2) is 0 Å². The summed E-state index contributed by atoms with van der Waals surface area (Å²) < 4.78 is 0. The lowest BCUT2D eigenvalue weighted by Gasteiger charge is -1.95. The maximum Gasteiger partial charge on any atom is 0.243 e. The summed E-state index contributed by atoms with van der Waals surface area (Å²) in [6.45, 7) is 4.07. The number of rotatable bonds is 3. The Balaban J connectivity index is 3.77. The standard InChI is InChI=1S/C8H15NO/c1-4-5-7(2)6-8(10)9-3/h6H,4-5H2,1-3H3,(H,9,10)/b7-6+. The van der Waals surface area contributed by atoms with Gasteiger partial charge in [0, 0.05) is 13.1 Å². The molecule has 1 amide bonds. The van der Waals surface area contributed by atoms with Crippen molar-refractivity contribution in [2.75, 3.05) is 7.05 Å². The van der Waals surface area contributed by atoms with Gasteiger partial charge in [0.1, 0.15) is 0 Å². The number of nitrogens with one attached hydrogen (secondary N) is 1. The van der Waals surface area contributed by atoms with Gasteiger partial charge in [-0.3, -0.25) is 4.79 Å². The summed E-state index contributed by atoms with van der Waals surface area (Å²) in [6.07, 6.45) is 3.75. The van der Waals surface area contributed by atoms with Gasteiger partial charge in [-0.2, -0.15) is 0 Å². The molecule has 10 heavy (non-hydrogen) atoms. The predicted octanol–water partition coefficient (Wildman–Crippen LogP) is 1.48. The van der Waals surface area contributed by atoms with E-state index in [1.54, 1.807) is 13.1 Å². The molecule has 2 nitrogen and oxygen atoms in total. The fraction of sp³-hybridized carbons (Fsp3) is 0.625. The van der Waals surface area contributed by atoms with Crippen molar-refractivity contribution in [2.45, 2.75) is 26.7 Å². The molecule has 0 heterocycles. The van der Waals surface area contributed by atoms with Crippen LogP contribution in [0, 0.1) is 0 Å². The van der Waals surface area contributed by atoms with Gasteiger partial charge in [0.25, 0.3) is 0 Å². The Morgan fingerprint density at radius 2 is 2.20 bits per heavy atom.